The van der Waals surface area contributed by atoms with Crippen LogP contribution < -0.4 is 5.32 Å². The van der Waals surface area contributed by atoms with Gasteiger partial charge in [-0.2, -0.15) is 10.2 Å². The highest BCUT2D eigenvalue weighted by Gasteiger charge is 2.45. The van der Waals surface area contributed by atoms with E-state index in [0.29, 0.717) is 18.5 Å². The summed E-state index contributed by atoms with van der Waals surface area (Å²) in [5.41, 5.74) is 14.0. The monoisotopic (exact) mass is 492 g/mol. The maximum atomic E-state index is 13.3. The number of amides is 1. The summed E-state index contributed by atoms with van der Waals surface area (Å²) in [7, 11) is 0. The first kappa shape index (κ1) is 20.7. The lowest BCUT2D eigenvalue weighted by Gasteiger charge is -2.37. The quantitative estimate of drug-likeness (QED) is 0.207. The Hall–Kier alpha value is -4.44. The van der Waals surface area contributed by atoms with E-state index in [0.717, 1.165) is 49.2 Å². The first-order chi connectivity index (χ1) is 18.2. The van der Waals surface area contributed by atoms with Gasteiger partial charge in [-0.1, -0.05) is 41.5 Å². The zero-order chi connectivity index (χ0) is 24.8. The first-order valence-electron chi connectivity index (χ1n) is 12.2. The number of carbonyl (C=O) groups is 1. The molecule has 3 aromatic carbocycles. The first-order valence-corrected chi connectivity index (χ1v) is 12.2. The van der Waals surface area contributed by atoms with E-state index in [1.807, 2.05) is 42.5 Å². The standard InChI is InChI=1S/C26H20N8O3/c27-32-30-11-29-31-15-9-18-33-16-7-3-2-6-13(16)20-21-14(10-28-25(21)36)19-12-5-1-4-8-17(12)34(22(19)23(20)33)26(37-18)24(15)35/h1-8,15,18,24,26,35H,9-11H2,(H,28,36)/t15-,18-,24-,26+/m1/s1. The Morgan fingerprint density at radius 3 is 2.54 bits per heavy atom. The fraction of sp³-hybridized carbons (Fsp3) is 0.269. The van der Waals surface area contributed by atoms with Crippen molar-refractivity contribution in [1.29, 1.82) is 0 Å². The number of aliphatic hydroxyl groups is 1. The highest BCUT2D eigenvalue weighted by atomic mass is 16.5. The predicted molar refractivity (Wildman–Crippen MR) is 136 cm³/mol. The molecule has 11 heteroatoms. The molecule has 3 aliphatic heterocycles. The SMILES string of the molecule is [N-]=[N+]=NCN=N[C@@H]1C[C@H]2O[C@@H]([C@@H]1O)n1c3ccccc3c3c4c(c5c6ccccc6n2c5c31)C(=O)NC4. The van der Waals surface area contributed by atoms with Gasteiger partial charge in [0.2, 0.25) is 0 Å². The summed E-state index contributed by atoms with van der Waals surface area (Å²) in [4.78, 5) is 16.0. The molecule has 37 heavy (non-hydrogen) atoms. The van der Waals surface area contributed by atoms with Crippen LogP contribution in [0.25, 0.3) is 54.1 Å². The van der Waals surface area contributed by atoms with Gasteiger partial charge in [-0.25, -0.2) is 0 Å². The summed E-state index contributed by atoms with van der Waals surface area (Å²) in [6.45, 7) is 0.313. The smallest absolute Gasteiger partial charge is 0.252 e. The van der Waals surface area contributed by atoms with E-state index in [-0.39, 0.29) is 12.6 Å². The maximum absolute atomic E-state index is 13.3. The number of carbonyl (C=O) groups excluding carboxylic acids is 1. The average Bonchev–Trinajstić information content (AvgIpc) is 3.54. The number of nitrogens with zero attached hydrogens (tertiary/aromatic N) is 7. The molecule has 4 atom stereocenters. The average molecular weight is 492 g/mol. The molecule has 1 fully saturated rings. The number of para-hydroxylation sites is 2. The number of hydrogen-bond acceptors (Lipinski definition) is 6. The van der Waals surface area contributed by atoms with Crippen LogP contribution in [0.2, 0.25) is 0 Å². The Kier molecular flexibility index (Phi) is 4.09. The Morgan fingerprint density at radius 2 is 1.76 bits per heavy atom. The molecule has 1 amide bonds. The molecule has 182 valence electrons. The third-order valence-corrected chi connectivity index (χ3v) is 7.94. The van der Waals surface area contributed by atoms with Crippen molar-refractivity contribution >= 4 is 49.5 Å². The Bertz CT molecular complexity index is 1900. The van der Waals surface area contributed by atoms with E-state index in [2.05, 4.69) is 40.8 Å². The van der Waals surface area contributed by atoms with Gasteiger partial charge < -0.3 is 24.3 Å². The molecule has 0 unspecified atom stereocenters. The van der Waals surface area contributed by atoms with Crippen LogP contribution >= 0.6 is 0 Å². The molecule has 0 saturated carbocycles. The molecule has 0 aliphatic carbocycles. The number of aliphatic hydroxyl groups excluding tert-OH is 1. The Labute approximate surface area is 208 Å². The van der Waals surface area contributed by atoms with E-state index < -0.39 is 24.6 Å². The molecule has 1 saturated heterocycles. The minimum Gasteiger partial charge on any atom is -0.386 e. The number of ether oxygens (including phenoxy) is 1. The lowest BCUT2D eigenvalue weighted by atomic mass is 9.97. The van der Waals surface area contributed by atoms with Gasteiger partial charge in [0.25, 0.3) is 5.91 Å². The van der Waals surface area contributed by atoms with Crippen LogP contribution in [0.1, 0.15) is 34.8 Å². The van der Waals surface area contributed by atoms with Crippen molar-refractivity contribution in [1.82, 2.24) is 14.5 Å². The number of hydrogen-bond donors (Lipinski definition) is 2. The van der Waals surface area contributed by atoms with Crippen molar-refractivity contribution in [2.24, 2.45) is 15.3 Å². The molecule has 11 nitrogen and oxygen atoms in total. The second kappa shape index (κ2) is 7.30. The van der Waals surface area contributed by atoms with Crippen LogP contribution in [0.3, 0.4) is 0 Å². The molecule has 8 rings (SSSR count). The van der Waals surface area contributed by atoms with Crippen LogP contribution in [-0.2, 0) is 11.3 Å². The van der Waals surface area contributed by atoms with Crippen LogP contribution in [0.5, 0.6) is 0 Å². The molecule has 2 aromatic heterocycles. The van der Waals surface area contributed by atoms with Crippen molar-refractivity contribution in [3.63, 3.8) is 0 Å². The summed E-state index contributed by atoms with van der Waals surface area (Å²) in [6, 6.07) is 15.5. The van der Waals surface area contributed by atoms with Gasteiger partial charge in [0.15, 0.2) is 6.23 Å². The van der Waals surface area contributed by atoms with Crippen molar-refractivity contribution in [2.45, 2.75) is 37.6 Å². The second-order valence-electron chi connectivity index (χ2n) is 9.66. The number of benzene rings is 3. The van der Waals surface area contributed by atoms with Crippen LogP contribution in [-0.4, -0.2) is 39.0 Å². The molecular formula is C26H20N8O3. The zero-order valence-electron chi connectivity index (χ0n) is 19.4. The Morgan fingerprint density at radius 1 is 1.05 bits per heavy atom. The van der Waals surface area contributed by atoms with Gasteiger partial charge in [-0.15, -0.1) is 0 Å². The molecular weight excluding hydrogens is 472 g/mol. The van der Waals surface area contributed by atoms with Crippen LogP contribution in [0.15, 0.2) is 63.9 Å². The molecule has 2 bridgehead atoms. The summed E-state index contributed by atoms with van der Waals surface area (Å²) < 4.78 is 10.9. The van der Waals surface area contributed by atoms with Crippen molar-refractivity contribution in [2.75, 3.05) is 6.67 Å². The van der Waals surface area contributed by atoms with Gasteiger partial charge in [0.1, 0.15) is 25.0 Å². The number of azo groups is 1. The van der Waals surface area contributed by atoms with E-state index in [9.17, 15) is 9.90 Å². The van der Waals surface area contributed by atoms with E-state index in [4.69, 9.17) is 10.3 Å². The molecule has 0 spiro atoms. The molecule has 0 radical (unpaired) electrons. The minimum absolute atomic E-state index is 0.0745. The van der Waals surface area contributed by atoms with Gasteiger partial charge >= 0.3 is 0 Å². The van der Waals surface area contributed by atoms with Crippen molar-refractivity contribution in [3.8, 4) is 0 Å². The van der Waals surface area contributed by atoms with Crippen molar-refractivity contribution < 1.29 is 14.6 Å². The number of aromatic nitrogens is 2. The van der Waals surface area contributed by atoms with Gasteiger partial charge in [-0.05, 0) is 23.2 Å². The van der Waals surface area contributed by atoms with Crippen LogP contribution in [0.4, 0.5) is 0 Å². The molecule has 5 heterocycles. The molecule has 5 aromatic rings. The topological polar surface area (TPSA) is 142 Å². The van der Waals surface area contributed by atoms with Gasteiger partial charge in [0.05, 0.1) is 27.6 Å². The lowest BCUT2D eigenvalue weighted by molar-refractivity contribution is -0.180. The number of fused-ring (bicyclic) bond motifs is 13. The second-order valence-corrected chi connectivity index (χ2v) is 9.66. The van der Waals surface area contributed by atoms with E-state index in [1.165, 1.54) is 0 Å². The highest BCUT2D eigenvalue weighted by molar-refractivity contribution is 6.30. The molecule has 3 aliphatic rings. The third-order valence-electron chi connectivity index (χ3n) is 7.94. The number of rotatable bonds is 3. The molecule has 2 N–H and O–H groups in total. The normalized spacial score (nSPS) is 24.3. The summed E-state index contributed by atoms with van der Waals surface area (Å²) in [5, 5.41) is 30.3. The van der Waals surface area contributed by atoms with Crippen LogP contribution in [0, 0.1) is 0 Å². The number of azide groups is 1. The van der Waals surface area contributed by atoms with Gasteiger partial charge in [-0.3, -0.25) is 4.79 Å². The summed E-state index contributed by atoms with van der Waals surface area (Å²) >= 11 is 0. The lowest BCUT2D eigenvalue weighted by Crippen LogP contribution is -2.42. The maximum Gasteiger partial charge on any atom is 0.252 e. The third kappa shape index (κ3) is 2.52. The summed E-state index contributed by atoms with van der Waals surface area (Å²) in [5.74, 6) is -0.0745. The fourth-order valence-electron chi connectivity index (χ4n) is 6.60. The largest absolute Gasteiger partial charge is 0.386 e. The fourth-order valence-corrected chi connectivity index (χ4v) is 6.60. The van der Waals surface area contributed by atoms with Crippen molar-refractivity contribution in [3.05, 3.63) is 70.1 Å². The van der Waals surface area contributed by atoms with Gasteiger partial charge in [0, 0.05) is 39.4 Å². The predicted octanol–water partition coefficient (Wildman–Crippen LogP) is 5.03. The van der Waals surface area contributed by atoms with E-state index in [1.54, 1.807) is 0 Å². The number of nitrogens with one attached hydrogen (secondary N) is 1. The van der Waals surface area contributed by atoms with E-state index >= 15 is 0 Å². The zero-order valence-corrected chi connectivity index (χ0v) is 19.4. The highest BCUT2D eigenvalue weighted by Crippen LogP contribution is 2.51. The Balaban J connectivity index is 1.56. The summed E-state index contributed by atoms with van der Waals surface area (Å²) in [6.07, 6.45) is -1.79. The minimum atomic E-state index is -0.982.